The van der Waals surface area contributed by atoms with Gasteiger partial charge in [-0.15, -0.1) is 0 Å². The molecule has 0 aliphatic carbocycles. The Morgan fingerprint density at radius 1 is 1.30 bits per heavy atom. The van der Waals surface area contributed by atoms with Crippen molar-refractivity contribution in [3.8, 4) is 5.75 Å². The number of aromatic nitrogens is 1. The molecule has 0 saturated carbocycles. The van der Waals surface area contributed by atoms with E-state index < -0.39 is 10.8 Å². The highest BCUT2D eigenvalue weighted by Crippen LogP contribution is 2.27. The van der Waals surface area contributed by atoms with E-state index in [-0.39, 0.29) is 23.1 Å². The molecule has 0 atom stereocenters. The molecule has 8 nitrogen and oxygen atoms in total. The van der Waals surface area contributed by atoms with Crippen LogP contribution in [0.25, 0.3) is 0 Å². The van der Waals surface area contributed by atoms with Crippen LogP contribution in [0.4, 0.5) is 11.5 Å². The number of anilines is 1. The average molecular weight is 357 g/mol. The van der Waals surface area contributed by atoms with Gasteiger partial charge in [-0.3, -0.25) is 25.8 Å². The molecule has 120 valence electrons. The van der Waals surface area contributed by atoms with E-state index in [0.717, 1.165) is 6.20 Å². The van der Waals surface area contributed by atoms with E-state index in [0.29, 0.717) is 10.8 Å². The second kappa shape index (κ2) is 7.61. The zero-order valence-electron chi connectivity index (χ0n) is 11.5. The number of benzene rings is 1. The standard InChI is InChI=1S/C13H10Cl2N4O4/c14-8-1-3-11(10(15)5-8)23-7-13(20)18-17-12-4-2-9(6-16-12)19(21)22/h1-6H,7H2,(H,16,17)(H,18,20). The molecule has 0 radical (unpaired) electrons. The van der Waals surface area contributed by atoms with Crippen LogP contribution in [0.2, 0.25) is 10.0 Å². The van der Waals surface area contributed by atoms with E-state index in [9.17, 15) is 14.9 Å². The van der Waals surface area contributed by atoms with Gasteiger partial charge in [0.05, 0.1) is 9.95 Å². The van der Waals surface area contributed by atoms with Gasteiger partial charge in [0.1, 0.15) is 17.8 Å². The van der Waals surface area contributed by atoms with Crippen molar-refractivity contribution in [3.63, 3.8) is 0 Å². The highest BCUT2D eigenvalue weighted by Gasteiger charge is 2.08. The maximum atomic E-state index is 11.6. The molecular formula is C13H10Cl2N4O4. The van der Waals surface area contributed by atoms with Crippen molar-refractivity contribution in [1.29, 1.82) is 0 Å². The minimum Gasteiger partial charge on any atom is -0.482 e. The van der Waals surface area contributed by atoms with Crippen molar-refractivity contribution < 1.29 is 14.5 Å². The van der Waals surface area contributed by atoms with E-state index in [2.05, 4.69) is 15.8 Å². The Morgan fingerprint density at radius 2 is 2.09 bits per heavy atom. The van der Waals surface area contributed by atoms with Crippen molar-refractivity contribution >= 4 is 40.6 Å². The molecule has 0 aliphatic heterocycles. The molecule has 0 saturated heterocycles. The van der Waals surface area contributed by atoms with Gasteiger partial charge in [0, 0.05) is 11.1 Å². The molecule has 2 aromatic rings. The van der Waals surface area contributed by atoms with Crippen LogP contribution in [0.5, 0.6) is 5.75 Å². The van der Waals surface area contributed by atoms with E-state index in [4.69, 9.17) is 27.9 Å². The molecule has 0 aliphatic rings. The van der Waals surface area contributed by atoms with E-state index in [1.807, 2.05) is 0 Å². The number of nitro groups is 1. The number of ether oxygens (including phenoxy) is 1. The fourth-order valence-electron chi connectivity index (χ4n) is 1.47. The fraction of sp³-hybridized carbons (Fsp3) is 0.0769. The quantitative estimate of drug-likeness (QED) is 0.608. The fourth-order valence-corrected chi connectivity index (χ4v) is 1.94. The Kier molecular flexibility index (Phi) is 5.56. The Labute approximate surface area is 140 Å². The number of hydrogen-bond donors (Lipinski definition) is 2. The van der Waals surface area contributed by atoms with Crippen molar-refractivity contribution in [2.75, 3.05) is 12.0 Å². The molecule has 2 N–H and O–H groups in total. The number of carbonyl (C=O) groups is 1. The average Bonchev–Trinajstić information content (AvgIpc) is 2.52. The molecule has 0 fully saturated rings. The number of hydrogen-bond acceptors (Lipinski definition) is 6. The third kappa shape index (κ3) is 4.97. The first-order valence-electron chi connectivity index (χ1n) is 6.19. The molecule has 1 heterocycles. The maximum absolute atomic E-state index is 11.6. The number of hydrazine groups is 1. The minimum absolute atomic E-state index is 0.150. The Hall–Kier alpha value is -2.58. The van der Waals surface area contributed by atoms with Crippen LogP contribution in [0.15, 0.2) is 36.5 Å². The zero-order chi connectivity index (χ0) is 16.8. The Bertz CT molecular complexity index is 724. The summed E-state index contributed by atoms with van der Waals surface area (Å²) in [4.78, 5) is 25.3. The monoisotopic (exact) mass is 356 g/mol. The molecule has 1 amide bonds. The van der Waals surface area contributed by atoms with Crippen LogP contribution in [-0.2, 0) is 4.79 Å². The predicted octanol–water partition coefficient (Wildman–Crippen LogP) is 2.82. The molecule has 0 bridgehead atoms. The van der Waals surface area contributed by atoms with Crippen molar-refractivity contribution in [2.24, 2.45) is 0 Å². The van der Waals surface area contributed by atoms with Gasteiger partial charge in [0.2, 0.25) is 0 Å². The SMILES string of the molecule is O=C(COc1ccc(Cl)cc1Cl)NNc1ccc([N+](=O)[O-])cn1. The smallest absolute Gasteiger partial charge is 0.287 e. The summed E-state index contributed by atoms with van der Waals surface area (Å²) >= 11 is 11.7. The molecule has 1 aromatic carbocycles. The highest BCUT2D eigenvalue weighted by atomic mass is 35.5. The van der Waals surface area contributed by atoms with Crippen LogP contribution in [0.1, 0.15) is 0 Å². The number of pyridine rings is 1. The van der Waals surface area contributed by atoms with Gasteiger partial charge < -0.3 is 4.74 Å². The number of halogens is 2. The largest absolute Gasteiger partial charge is 0.482 e. The first kappa shape index (κ1) is 16.8. The summed E-state index contributed by atoms with van der Waals surface area (Å²) in [7, 11) is 0. The van der Waals surface area contributed by atoms with Gasteiger partial charge in [-0.05, 0) is 24.3 Å². The van der Waals surface area contributed by atoms with Crippen molar-refractivity contribution in [1.82, 2.24) is 10.4 Å². The molecule has 2 rings (SSSR count). The summed E-state index contributed by atoms with van der Waals surface area (Å²) in [6.45, 7) is -0.290. The summed E-state index contributed by atoms with van der Waals surface area (Å²) in [5.74, 6) is 0.0734. The topological polar surface area (TPSA) is 106 Å². The lowest BCUT2D eigenvalue weighted by Gasteiger charge is -2.10. The van der Waals surface area contributed by atoms with Gasteiger partial charge in [0.25, 0.3) is 11.6 Å². The third-order valence-electron chi connectivity index (χ3n) is 2.54. The van der Waals surface area contributed by atoms with Gasteiger partial charge >= 0.3 is 0 Å². The predicted molar refractivity (Wildman–Crippen MR) is 84.6 cm³/mol. The molecular weight excluding hydrogens is 347 g/mol. The zero-order valence-corrected chi connectivity index (χ0v) is 13.0. The summed E-state index contributed by atoms with van der Waals surface area (Å²) in [6.07, 6.45) is 1.07. The maximum Gasteiger partial charge on any atom is 0.287 e. The lowest BCUT2D eigenvalue weighted by molar-refractivity contribution is -0.385. The molecule has 0 unspecified atom stereocenters. The van der Waals surface area contributed by atoms with E-state index >= 15 is 0 Å². The van der Waals surface area contributed by atoms with E-state index in [1.165, 1.54) is 18.2 Å². The Morgan fingerprint density at radius 3 is 2.70 bits per heavy atom. The van der Waals surface area contributed by atoms with Gasteiger partial charge in [-0.1, -0.05) is 23.2 Å². The minimum atomic E-state index is -0.570. The number of amides is 1. The van der Waals surface area contributed by atoms with Crippen molar-refractivity contribution in [3.05, 3.63) is 56.7 Å². The van der Waals surface area contributed by atoms with Crippen LogP contribution in [0, 0.1) is 10.1 Å². The van der Waals surface area contributed by atoms with Gasteiger partial charge in [0.15, 0.2) is 6.61 Å². The summed E-state index contributed by atoms with van der Waals surface area (Å²) < 4.78 is 5.24. The summed E-state index contributed by atoms with van der Waals surface area (Å²) in [5.41, 5.74) is 4.69. The second-order valence-electron chi connectivity index (χ2n) is 4.20. The lowest BCUT2D eigenvalue weighted by atomic mass is 10.3. The number of nitrogens with zero attached hydrogens (tertiary/aromatic N) is 2. The highest BCUT2D eigenvalue weighted by molar-refractivity contribution is 6.35. The first-order chi connectivity index (χ1) is 11.0. The first-order valence-corrected chi connectivity index (χ1v) is 6.94. The van der Waals surface area contributed by atoms with Gasteiger partial charge in [-0.25, -0.2) is 4.98 Å². The summed E-state index contributed by atoms with van der Waals surface area (Å²) in [5, 5.41) is 11.2. The molecule has 10 heteroatoms. The molecule has 23 heavy (non-hydrogen) atoms. The number of rotatable bonds is 6. The number of carbonyl (C=O) groups excluding carboxylic acids is 1. The lowest BCUT2D eigenvalue weighted by Crippen LogP contribution is -2.33. The Balaban J connectivity index is 1.82. The third-order valence-corrected chi connectivity index (χ3v) is 3.07. The van der Waals surface area contributed by atoms with Crippen LogP contribution < -0.4 is 15.6 Å². The summed E-state index contributed by atoms with van der Waals surface area (Å²) in [6, 6.07) is 7.24. The molecule has 0 spiro atoms. The normalized spacial score (nSPS) is 10.0. The van der Waals surface area contributed by atoms with Crippen LogP contribution in [-0.4, -0.2) is 22.4 Å². The van der Waals surface area contributed by atoms with Crippen molar-refractivity contribution in [2.45, 2.75) is 0 Å². The number of nitrogens with one attached hydrogen (secondary N) is 2. The van der Waals surface area contributed by atoms with Gasteiger partial charge in [-0.2, -0.15) is 0 Å². The molecule has 1 aromatic heterocycles. The van der Waals surface area contributed by atoms with Crippen LogP contribution in [0.3, 0.4) is 0 Å². The van der Waals surface area contributed by atoms with Crippen LogP contribution >= 0.6 is 23.2 Å². The second-order valence-corrected chi connectivity index (χ2v) is 5.04. The van der Waals surface area contributed by atoms with E-state index in [1.54, 1.807) is 12.1 Å².